The molecule has 0 saturated carbocycles. The van der Waals surface area contributed by atoms with Crippen LogP contribution >= 0.6 is 0 Å². The molecular weight excluding hydrogens is 349 g/mol. The molecule has 0 spiro atoms. The van der Waals surface area contributed by atoms with E-state index in [1.165, 1.54) is 18.2 Å². The third-order valence-electron chi connectivity index (χ3n) is 3.89. The zero-order chi connectivity index (χ0) is 20.6. The Morgan fingerprint density at radius 3 is 2.19 bits per heavy atom. The van der Waals surface area contributed by atoms with Crippen LogP contribution in [-0.4, -0.2) is 18.5 Å². The van der Waals surface area contributed by atoms with Gasteiger partial charge in [-0.25, -0.2) is 13.2 Å². The van der Waals surface area contributed by atoms with Crippen LogP contribution in [0.2, 0.25) is 0 Å². The molecule has 0 amide bonds. The summed E-state index contributed by atoms with van der Waals surface area (Å²) in [5.41, 5.74) is 0.989. The van der Waals surface area contributed by atoms with Crippen LogP contribution in [-0.2, 0) is 0 Å². The Morgan fingerprint density at radius 2 is 1.70 bits per heavy atom. The Balaban J connectivity index is 0.00000176. The third-order valence-corrected chi connectivity index (χ3v) is 3.89. The van der Waals surface area contributed by atoms with Gasteiger partial charge in [-0.05, 0) is 48.0 Å². The van der Waals surface area contributed by atoms with Crippen LogP contribution in [0.5, 0.6) is 0 Å². The second kappa shape index (κ2) is 10.2. The first-order valence-corrected chi connectivity index (χ1v) is 8.56. The highest BCUT2D eigenvalue weighted by Gasteiger charge is 2.14. The zero-order valence-corrected chi connectivity index (χ0v) is 16.0. The van der Waals surface area contributed by atoms with Gasteiger partial charge in [0.05, 0.1) is 0 Å². The largest absolute Gasteiger partial charge is 0.377 e. The molecule has 0 heterocycles. The molecule has 0 aliphatic rings. The standard InChI is InChI=1S/C20H17F3N2.C2H6/c1-4-25(3)8-7-13(2)14-5-6-16(18(21)9-14)15-10-19(22)17(12-24)20(23)11-15;1-2/h4-7,9-11H,1,8H2,2-3H3;1-2H3/b13-7+;. The van der Waals surface area contributed by atoms with Gasteiger partial charge in [-0.2, -0.15) is 5.26 Å². The maximum Gasteiger partial charge on any atom is 0.144 e. The molecule has 0 bridgehead atoms. The zero-order valence-electron chi connectivity index (χ0n) is 16.0. The molecular formula is C22H23F3N2. The van der Waals surface area contributed by atoms with E-state index in [9.17, 15) is 13.2 Å². The second-order valence-electron chi connectivity index (χ2n) is 5.63. The molecule has 27 heavy (non-hydrogen) atoms. The van der Waals surface area contributed by atoms with Crippen molar-refractivity contribution in [1.29, 1.82) is 5.26 Å². The molecule has 0 aromatic heterocycles. The van der Waals surface area contributed by atoms with Gasteiger partial charge in [0.15, 0.2) is 0 Å². The smallest absolute Gasteiger partial charge is 0.144 e. The normalized spacial score (nSPS) is 10.5. The van der Waals surface area contributed by atoms with Crippen molar-refractivity contribution in [2.24, 2.45) is 0 Å². The van der Waals surface area contributed by atoms with Crippen LogP contribution in [0.25, 0.3) is 16.7 Å². The van der Waals surface area contributed by atoms with Crippen molar-refractivity contribution >= 4 is 5.57 Å². The Morgan fingerprint density at radius 1 is 1.11 bits per heavy atom. The van der Waals surface area contributed by atoms with Crippen LogP contribution in [0, 0.1) is 28.8 Å². The van der Waals surface area contributed by atoms with E-state index < -0.39 is 23.0 Å². The molecule has 0 N–H and O–H groups in total. The van der Waals surface area contributed by atoms with E-state index in [1.807, 2.05) is 38.8 Å². The summed E-state index contributed by atoms with van der Waals surface area (Å²) in [6.45, 7) is 10.1. The summed E-state index contributed by atoms with van der Waals surface area (Å²) in [6.07, 6.45) is 3.61. The average molecular weight is 372 g/mol. The number of rotatable bonds is 5. The first kappa shape index (κ1) is 22.0. The van der Waals surface area contributed by atoms with Crippen molar-refractivity contribution in [2.45, 2.75) is 20.8 Å². The maximum atomic E-state index is 14.4. The van der Waals surface area contributed by atoms with E-state index in [4.69, 9.17) is 5.26 Å². The van der Waals surface area contributed by atoms with Crippen LogP contribution < -0.4 is 0 Å². The quantitative estimate of drug-likeness (QED) is 0.630. The lowest BCUT2D eigenvalue weighted by atomic mass is 9.99. The fraction of sp³-hybridized carbons (Fsp3) is 0.227. The lowest BCUT2D eigenvalue weighted by molar-refractivity contribution is 0.512. The minimum absolute atomic E-state index is 0.0473. The summed E-state index contributed by atoms with van der Waals surface area (Å²) in [7, 11) is 1.87. The van der Waals surface area contributed by atoms with Gasteiger partial charge < -0.3 is 4.90 Å². The molecule has 2 rings (SSSR count). The highest BCUT2D eigenvalue weighted by atomic mass is 19.1. The molecule has 0 aliphatic carbocycles. The van der Waals surface area contributed by atoms with E-state index >= 15 is 0 Å². The lowest BCUT2D eigenvalue weighted by Gasteiger charge is -2.12. The predicted molar refractivity (Wildman–Crippen MR) is 104 cm³/mol. The highest BCUT2D eigenvalue weighted by molar-refractivity contribution is 5.71. The monoisotopic (exact) mass is 372 g/mol. The molecule has 142 valence electrons. The number of hydrogen-bond acceptors (Lipinski definition) is 2. The first-order chi connectivity index (χ1) is 12.9. The van der Waals surface area contributed by atoms with Gasteiger partial charge >= 0.3 is 0 Å². The number of allylic oxidation sites excluding steroid dienone is 1. The summed E-state index contributed by atoms with van der Waals surface area (Å²) in [5.74, 6) is -2.61. The van der Waals surface area contributed by atoms with Crippen molar-refractivity contribution in [3.05, 3.63) is 77.8 Å². The van der Waals surface area contributed by atoms with Gasteiger partial charge in [0.25, 0.3) is 0 Å². The molecule has 0 saturated heterocycles. The van der Waals surface area contributed by atoms with Crippen LogP contribution in [0.15, 0.2) is 49.2 Å². The molecule has 0 atom stereocenters. The summed E-state index contributed by atoms with van der Waals surface area (Å²) < 4.78 is 41.9. The molecule has 0 radical (unpaired) electrons. The SMILES string of the molecule is C=CN(C)C/C=C(\C)c1ccc(-c2cc(F)c(C#N)c(F)c2)c(F)c1.CC. The Kier molecular flexibility index (Phi) is 8.34. The van der Waals surface area contributed by atoms with Gasteiger partial charge in [0.1, 0.15) is 29.1 Å². The fourth-order valence-electron chi connectivity index (χ4n) is 2.30. The van der Waals surface area contributed by atoms with E-state index in [0.717, 1.165) is 17.7 Å². The van der Waals surface area contributed by atoms with Crippen LogP contribution in [0.4, 0.5) is 13.2 Å². The first-order valence-electron chi connectivity index (χ1n) is 8.56. The number of nitriles is 1. The number of nitrogens with zero attached hydrogens (tertiary/aromatic N) is 2. The Hall–Kier alpha value is -3.00. The Bertz CT molecular complexity index is 857. The molecule has 2 aromatic carbocycles. The summed E-state index contributed by atoms with van der Waals surface area (Å²) in [5, 5.41) is 8.70. The van der Waals surface area contributed by atoms with E-state index in [-0.39, 0.29) is 11.1 Å². The summed E-state index contributed by atoms with van der Waals surface area (Å²) in [6, 6.07) is 7.85. The molecule has 5 heteroatoms. The second-order valence-corrected chi connectivity index (χ2v) is 5.63. The number of hydrogen-bond donors (Lipinski definition) is 0. The minimum atomic E-state index is -1.01. The van der Waals surface area contributed by atoms with Gasteiger partial charge in [0.2, 0.25) is 0 Å². The number of halogens is 3. The molecule has 0 aliphatic heterocycles. The molecule has 0 fully saturated rings. The van der Waals surface area contributed by atoms with Crippen LogP contribution in [0.1, 0.15) is 31.9 Å². The van der Waals surface area contributed by atoms with Crippen molar-refractivity contribution in [2.75, 3.05) is 13.6 Å². The van der Waals surface area contributed by atoms with Crippen LogP contribution in [0.3, 0.4) is 0 Å². The number of benzene rings is 2. The molecule has 2 nitrogen and oxygen atoms in total. The molecule has 0 unspecified atom stereocenters. The number of likely N-dealkylation sites (N-methyl/N-ethyl adjacent to an activating group) is 1. The van der Waals surface area contributed by atoms with E-state index in [2.05, 4.69) is 6.58 Å². The minimum Gasteiger partial charge on any atom is -0.377 e. The molecule has 2 aromatic rings. The average Bonchev–Trinajstić information content (AvgIpc) is 2.66. The lowest BCUT2D eigenvalue weighted by Crippen LogP contribution is -2.09. The fourth-order valence-corrected chi connectivity index (χ4v) is 2.30. The van der Waals surface area contributed by atoms with Gasteiger partial charge in [-0.15, -0.1) is 0 Å². The summed E-state index contributed by atoms with van der Waals surface area (Å²) in [4.78, 5) is 1.87. The summed E-state index contributed by atoms with van der Waals surface area (Å²) >= 11 is 0. The maximum absolute atomic E-state index is 14.4. The van der Waals surface area contributed by atoms with E-state index in [1.54, 1.807) is 12.3 Å². The highest BCUT2D eigenvalue weighted by Crippen LogP contribution is 2.28. The van der Waals surface area contributed by atoms with E-state index in [0.29, 0.717) is 12.1 Å². The van der Waals surface area contributed by atoms with Crippen molar-refractivity contribution in [3.8, 4) is 17.2 Å². The van der Waals surface area contributed by atoms with Gasteiger partial charge in [-0.3, -0.25) is 0 Å². The van der Waals surface area contributed by atoms with Gasteiger partial charge in [0, 0.05) is 19.2 Å². The predicted octanol–water partition coefficient (Wildman–Crippen LogP) is 6.15. The van der Waals surface area contributed by atoms with Crippen molar-refractivity contribution < 1.29 is 13.2 Å². The Labute approximate surface area is 158 Å². The van der Waals surface area contributed by atoms with Gasteiger partial charge in [-0.1, -0.05) is 38.6 Å². The van der Waals surface area contributed by atoms with Crippen molar-refractivity contribution in [1.82, 2.24) is 4.90 Å². The topological polar surface area (TPSA) is 27.0 Å². The third kappa shape index (κ3) is 5.49. The van der Waals surface area contributed by atoms with Crippen molar-refractivity contribution in [3.63, 3.8) is 0 Å².